The molecule has 0 saturated heterocycles. The van der Waals surface area contributed by atoms with Crippen LogP contribution in [0.25, 0.3) is 15.5 Å². The molecular formula is C9H5BrCl3N3. The molecule has 0 aliphatic rings. The summed E-state index contributed by atoms with van der Waals surface area (Å²) < 4.78 is 0.801. The Hall–Kier alpha value is -0.380. The Balaban J connectivity index is 3.17. The van der Waals surface area contributed by atoms with E-state index in [0.717, 1.165) is 10.0 Å². The van der Waals surface area contributed by atoms with Gasteiger partial charge < -0.3 is 0 Å². The van der Waals surface area contributed by atoms with Crippen molar-refractivity contribution in [3.05, 3.63) is 48.7 Å². The summed E-state index contributed by atoms with van der Waals surface area (Å²) in [5.41, 5.74) is 9.71. The van der Waals surface area contributed by atoms with Crippen LogP contribution in [0.15, 0.2) is 32.3 Å². The second kappa shape index (κ2) is 6.38. The molecule has 1 aromatic carbocycles. The van der Waals surface area contributed by atoms with Crippen LogP contribution in [-0.2, 0) is 6.54 Å². The first-order chi connectivity index (χ1) is 7.54. The minimum atomic E-state index is -0.00509. The number of nitrogens with zero attached hydrogens (tertiary/aromatic N) is 3. The van der Waals surface area contributed by atoms with Gasteiger partial charge in [-0.3, -0.25) is 0 Å². The van der Waals surface area contributed by atoms with Crippen molar-refractivity contribution < 1.29 is 0 Å². The molecule has 3 nitrogen and oxygen atoms in total. The molecule has 0 aliphatic heterocycles. The summed E-state index contributed by atoms with van der Waals surface area (Å²) in [4.78, 5) is 2.68. The Morgan fingerprint density at radius 1 is 1.31 bits per heavy atom. The first-order valence-electron chi connectivity index (χ1n) is 4.06. The van der Waals surface area contributed by atoms with E-state index >= 15 is 0 Å². The Morgan fingerprint density at radius 2 is 2.00 bits per heavy atom. The number of benzene rings is 1. The lowest BCUT2D eigenvalue weighted by Crippen LogP contribution is -1.85. The lowest BCUT2D eigenvalue weighted by Gasteiger charge is -2.04. The Kier molecular flexibility index (Phi) is 5.46. The van der Waals surface area contributed by atoms with Crippen LogP contribution in [0.4, 0.5) is 0 Å². The first kappa shape index (κ1) is 13.7. The summed E-state index contributed by atoms with van der Waals surface area (Å²) in [6.07, 6.45) is 0. The average molecular weight is 341 g/mol. The molecule has 7 heteroatoms. The fourth-order valence-corrected chi connectivity index (χ4v) is 1.96. The molecule has 84 valence electrons. The van der Waals surface area contributed by atoms with Crippen LogP contribution in [0, 0.1) is 0 Å². The molecule has 0 aromatic heterocycles. The molecule has 1 rings (SSSR count). The third-order valence-corrected chi connectivity index (χ3v) is 3.13. The summed E-state index contributed by atoms with van der Waals surface area (Å²) in [5.74, 6) is 0. The highest BCUT2D eigenvalue weighted by Crippen LogP contribution is 2.30. The van der Waals surface area contributed by atoms with Crippen molar-refractivity contribution in [1.82, 2.24) is 0 Å². The lowest BCUT2D eigenvalue weighted by molar-refractivity contribution is 1.04. The number of hydrogen-bond acceptors (Lipinski definition) is 1. The highest BCUT2D eigenvalue weighted by molar-refractivity contribution is 9.10. The molecule has 0 N–H and O–H groups in total. The van der Waals surface area contributed by atoms with Crippen molar-refractivity contribution in [2.45, 2.75) is 6.54 Å². The standard InChI is InChI=1S/C9H5BrCl3N3/c10-7-2-5(4-15-16-14)1-6(3-7)8(11)9(12)13/h1-3H,4H2. The molecule has 0 bridgehead atoms. The van der Waals surface area contributed by atoms with Gasteiger partial charge in [0.15, 0.2) is 0 Å². The van der Waals surface area contributed by atoms with Gasteiger partial charge in [0.1, 0.15) is 4.49 Å². The van der Waals surface area contributed by atoms with Gasteiger partial charge in [-0.2, -0.15) is 0 Å². The SMILES string of the molecule is [N-]=[N+]=NCc1cc(Br)cc(C(Cl)=C(Cl)Cl)c1. The first-order valence-corrected chi connectivity index (χ1v) is 5.98. The van der Waals surface area contributed by atoms with Gasteiger partial charge in [0.05, 0.1) is 11.6 Å². The topological polar surface area (TPSA) is 48.8 Å². The van der Waals surface area contributed by atoms with Gasteiger partial charge in [-0.15, -0.1) is 0 Å². The maximum atomic E-state index is 8.23. The van der Waals surface area contributed by atoms with Crippen molar-refractivity contribution in [2.24, 2.45) is 5.11 Å². The predicted octanol–water partition coefficient (Wildman–Crippen LogP) is 5.60. The maximum absolute atomic E-state index is 8.23. The molecule has 0 radical (unpaired) electrons. The van der Waals surface area contributed by atoms with Crippen molar-refractivity contribution >= 4 is 55.8 Å². The smallest absolute Gasteiger partial charge is 0.0893 e. The van der Waals surface area contributed by atoms with Crippen molar-refractivity contribution in [2.75, 3.05) is 0 Å². The maximum Gasteiger partial charge on any atom is 0.126 e. The van der Waals surface area contributed by atoms with E-state index in [1.807, 2.05) is 6.07 Å². The van der Waals surface area contributed by atoms with Crippen LogP contribution in [0.3, 0.4) is 0 Å². The molecular weight excluding hydrogens is 336 g/mol. The summed E-state index contributed by atoms with van der Waals surface area (Å²) >= 11 is 20.4. The number of rotatable bonds is 3. The quantitative estimate of drug-likeness (QED) is 0.390. The summed E-state index contributed by atoms with van der Waals surface area (Å²) in [5, 5.41) is 3.72. The Labute approximate surface area is 116 Å². The summed E-state index contributed by atoms with van der Waals surface area (Å²) in [7, 11) is 0. The van der Waals surface area contributed by atoms with Gasteiger partial charge in [0.25, 0.3) is 0 Å². The molecule has 0 fully saturated rings. The average Bonchev–Trinajstić information content (AvgIpc) is 2.24. The molecule has 0 unspecified atom stereocenters. The van der Waals surface area contributed by atoms with Gasteiger partial charge in [-0.25, -0.2) is 0 Å². The number of hydrogen-bond donors (Lipinski definition) is 0. The highest BCUT2D eigenvalue weighted by atomic mass is 79.9. The van der Waals surface area contributed by atoms with E-state index in [1.54, 1.807) is 12.1 Å². The van der Waals surface area contributed by atoms with Gasteiger partial charge >= 0.3 is 0 Å². The zero-order valence-electron chi connectivity index (χ0n) is 7.79. The van der Waals surface area contributed by atoms with E-state index in [4.69, 9.17) is 40.3 Å². The second-order valence-electron chi connectivity index (χ2n) is 2.81. The Morgan fingerprint density at radius 3 is 2.56 bits per heavy atom. The van der Waals surface area contributed by atoms with Crippen molar-refractivity contribution in [3.63, 3.8) is 0 Å². The van der Waals surface area contributed by atoms with Crippen LogP contribution >= 0.6 is 50.7 Å². The molecule has 0 spiro atoms. The monoisotopic (exact) mass is 339 g/mol. The van der Waals surface area contributed by atoms with Crippen LogP contribution in [0.5, 0.6) is 0 Å². The number of azide groups is 1. The second-order valence-corrected chi connectivity index (χ2v) is 5.05. The molecule has 1 aromatic rings. The van der Waals surface area contributed by atoms with Crippen molar-refractivity contribution in [1.29, 1.82) is 0 Å². The fraction of sp³-hybridized carbons (Fsp3) is 0.111. The van der Waals surface area contributed by atoms with E-state index in [0.29, 0.717) is 5.56 Å². The number of halogens is 4. The van der Waals surface area contributed by atoms with E-state index < -0.39 is 0 Å². The minimum Gasteiger partial charge on any atom is -0.0893 e. The van der Waals surface area contributed by atoms with Crippen LogP contribution in [-0.4, -0.2) is 0 Å². The van der Waals surface area contributed by atoms with Gasteiger partial charge in [-0.1, -0.05) is 55.8 Å². The normalized spacial score (nSPS) is 9.50. The predicted molar refractivity (Wildman–Crippen MR) is 71.5 cm³/mol. The van der Waals surface area contributed by atoms with Crippen LogP contribution in [0.1, 0.15) is 11.1 Å². The van der Waals surface area contributed by atoms with E-state index in [9.17, 15) is 0 Å². The fourth-order valence-electron chi connectivity index (χ4n) is 1.09. The molecule has 0 heterocycles. The minimum absolute atomic E-state index is 0.00509. The molecule has 0 aliphatic carbocycles. The zero-order chi connectivity index (χ0) is 12.1. The molecule has 0 amide bonds. The van der Waals surface area contributed by atoms with Gasteiger partial charge in [0, 0.05) is 9.38 Å². The van der Waals surface area contributed by atoms with Gasteiger partial charge in [-0.05, 0) is 34.9 Å². The lowest BCUT2D eigenvalue weighted by atomic mass is 10.1. The summed E-state index contributed by atoms with van der Waals surface area (Å²) in [6, 6.07) is 5.35. The molecule has 0 saturated carbocycles. The third kappa shape index (κ3) is 3.89. The van der Waals surface area contributed by atoms with Gasteiger partial charge in [0.2, 0.25) is 0 Å². The zero-order valence-corrected chi connectivity index (χ0v) is 11.6. The van der Waals surface area contributed by atoms with Crippen molar-refractivity contribution in [3.8, 4) is 0 Å². The largest absolute Gasteiger partial charge is 0.126 e. The van der Waals surface area contributed by atoms with E-state index in [1.165, 1.54) is 0 Å². The van der Waals surface area contributed by atoms with E-state index in [-0.39, 0.29) is 16.1 Å². The summed E-state index contributed by atoms with van der Waals surface area (Å²) in [6.45, 7) is 0.243. The highest BCUT2D eigenvalue weighted by Gasteiger charge is 2.06. The van der Waals surface area contributed by atoms with Crippen LogP contribution < -0.4 is 0 Å². The third-order valence-electron chi connectivity index (χ3n) is 1.69. The van der Waals surface area contributed by atoms with E-state index in [2.05, 4.69) is 26.0 Å². The van der Waals surface area contributed by atoms with Crippen LogP contribution in [0.2, 0.25) is 0 Å². The Bertz CT molecular complexity index is 477. The molecule has 0 atom stereocenters. The molecule has 16 heavy (non-hydrogen) atoms.